The van der Waals surface area contributed by atoms with Gasteiger partial charge in [-0.3, -0.25) is 0 Å². The van der Waals surface area contributed by atoms with Gasteiger partial charge in [0, 0.05) is 24.3 Å². The molecule has 6 heteroatoms. The van der Waals surface area contributed by atoms with Gasteiger partial charge in [-0.05, 0) is 32.1 Å². The van der Waals surface area contributed by atoms with E-state index in [1.165, 1.54) is 6.33 Å². The number of hydrogen-bond acceptors (Lipinski definition) is 3. The fourth-order valence-corrected chi connectivity index (χ4v) is 3.03. The van der Waals surface area contributed by atoms with E-state index in [0.717, 1.165) is 36.3 Å². The zero-order valence-corrected chi connectivity index (χ0v) is 10.6. The van der Waals surface area contributed by atoms with Crippen LogP contribution in [0, 0.1) is 5.92 Å². The predicted octanol–water partition coefficient (Wildman–Crippen LogP) is 2.74. The highest BCUT2D eigenvalue weighted by molar-refractivity contribution is 5.50. The number of alkyl halides is 3. The summed E-state index contributed by atoms with van der Waals surface area (Å²) in [5, 5.41) is 0. The lowest BCUT2D eigenvalue weighted by atomic mass is 9.96. The topological polar surface area (TPSA) is 29.0 Å². The Morgan fingerprint density at radius 3 is 2.53 bits per heavy atom. The molecule has 1 saturated heterocycles. The van der Waals surface area contributed by atoms with Crippen molar-refractivity contribution in [2.45, 2.75) is 38.3 Å². The van der Waals surface area contributed by atoms with Crippen molar-refractivity contribution in [3.8, 4) is 0 Å². The van der Waals surface area contributed by atoms with Crippen LogP contribution in [0.25, 0.3) is 0 Å². The highest BCUT2D eigenvalue weighted by Crippen LogP contribution is 2.36. The average Bonchev–Trinajstić information content (AvgIpc) is 2.86. The van der Waals surface area contributed by atoms with Crippen molar-refractivity contribution < 1.29 is 13.2 Å². The average molecular weight is 271 g/mol. The molecule has 2 heterocycles. The Balaban J connectivity index is 1.74. The first-order valence-electron chi connectivity index (χ1n) is 6.70. The number of piperidine rings is 1. The first-order chi connectivity index (χ1) is 9.05. The third-order valence-electron chi connectivity index (χ3n) is 4.11. The Labute approximate surface area is 109 Å². The molecule has 2 aliphatic rings. The van der Waals surface area contributed by atoms with E-state index in [4.69, 9.17) is 0 Å². The van der Waals surface area contributed by atoms with E-state index in [9.17, 15) is 13.2 Å². The van der Waals surface area contributed by atoms with Crippen LogP contribution >= 0.6 is 0 Å². The second kappa shape index (κ2) is 4.65. The fourth-order valence-electron chi connectivity index (χ4n) is 3.03. The number of nitrogens with zero attached hydrogens (tertiary/aromatic N) is 3. The summed E-state index contributed by atoms with van der Waals surface area (Å²) in [7, 11) is 0. The summed E-state index contributed by atoms with van der Waals surface area (Å²) in [5.41, 5.74) is 2.22. The molecule has 3 nitrogen and oxygen atoms in total. The maximum absolute atomic E-state index is 12.6. The van der Waals surface area contributed by atoms with Gasteiger partial charge in [0.1, 0.15) is 12.1 Å². The van der Waals surface area contributed by atoms with Crippen molar-refractivity contribution in [1.29, 1.82) is 0 Å². The van der Waals surface area contributed by atoms with Crippen LogP contribution in [-0.4, -0.2) is 29.2 Å². The zero-order valence-electron chi connectivity index (χ0n) is 10.6. The lowest BCUT2D eigenvalue weighted by Gasteiger charge is -2.34. The molecule has 0 N–H and O–H groups in total. The third kappa shape index (κ3) is 2.40. The molecule has 1 aromatic heterocycles. The Bertz CT molecular complexity index is 465. The van der Waals surface area contributed by atoms with E-state index in [1.807, 2.05) is 4.90 Å². The number of hydrogen-bond donors (Lipinski definition) is 0. The van der Waals surface area contributed by atoms with Gasteiger partial charge in [-0.1, -0.05) is 0 Å². The number of rotatable bonds is 1. The molecule has 1 aromatic rings. The SMILES string of the molecule is FC(F)(F)C1CCN(c2ncnc3c2CCC3)CC1. The van der Waals surface area contributed by atoms with Crippen LogP contribution in [0.2, 0.25) is 0 Å². The molecule has 0 amide bonds. The van der Waals surface area contributed by atoms with Gasteiger partial charge in [-0.25, -0.2) is 9.97 Å². The Morgan fingerprint density at radius 2 is 1.84 bits per heavy atom. The number of aryl methyl sites for hydroxylation is 1. The second-order valence-electron chi connectivity index (χ2n) is 5.28. The summed E-state index contributed by atoms with van der Waals surface area (Å²) in [6.07, 6.45) is 0.800. The molecule has 0 saturated carbocycles. The van der Waals surface area contributed by atoms with Crippen LogP contribution < -0.4 is 4.90 Å². The largest absolute Gasteiger partial charge is 0.391 e. The number of fused-ring (bicyclic) bond motifs is 1. The quantitative estimate of drug-likeness (QED) is 0.786. The van der Waals surface area contributed by atoms with E-state index in [2.05, 4.69) is 9.97 Å². The monoisotopic (exact) mass is 271 g/mol. The molecule has 19 heavy (non-hydrogen) atoms. The third-order valence-corrected chi connectivity index (χ3v) is 4.11. The van der Waals surface area contributed by atoms with Gasteiger partial charge in [0.2, 0.25) is 0 Å². The summed E-state index contributed by atoms with van der Waals surface area (Å²) in [6, 6.07) is 0. The lowest BCUT2D eigenvalue weighted by Crippen LogP contribution is -2.39. The standard InChI is InChI=1S/C13H16F3N3/c14-13(15,16)9-4-6-19(7-5-9)12-10-2-1-3-11(10)17-8-18-12/h8-9H,1-7H2. The molecule has 3 rings (SSSR count). The van der Waals surface area contributed by atoms with Gasteiger partial charge in [-0.15, -0.1) is 0 Å². The Morgan fingerprint density at radius 1 is 1.11 bits per heavy atom. The van der Waals surface area contributed by atoms with Gasteiger partial charge in [0.25, 0.3) is 0 Å². The van der Waals surface area contributed by atoms with Crippen LogP contribution in [0.3, 0.4) is 0 Å². The van der Waals surface area contributed by atoms with Gasteiger partial charge in [-0.2, -0.15) is 13.2 Å². The molecular weight excluding hydrogens is 255 g/mol. The first-order valence-corrected chi connectivity index (χ1v) is 6.70. The van der Waals surface area contributed by atoms with Gasteiger partial charge >= 0.3 is 6.18 Å². The van der Waals surface area contributed by atoms with Crippen molar-refractivity contribution in [1.82, 2.24) is 9.97 Å². The molecule has 0 spiro atoms. The van der Waals surface area contributed by atoms with Crippen LogP contribution in [0.4, 0.5) is 19.0 Å². The van der Waals surface area contributed by atoms with Crippen molar-refractivity contribution in [3.63, 3.8) is 0 Å². The smallest absolute Gasteiger partial charge is 0.356 e. The molecule has 0 atom stereocenters. The zero-order chi connectivity index (χ0) is 13.5. The van der Waals surface area contributed by atoms with Crippen LogP contribution in [0.15, 0.2) is 6.33 Å². The highest BCUT2D eigenvalue weighted by Gasteiger charge is 2.41. The van der Waals surface area contributed by atoms with Crippen molar-refractivity contribution in [3.05, 3.63) is 17.6 Å². The molecule has 0 aromatic carbocycles. The number of halogens is 3. The molecule has 0 radical (unpaired) electrons. The van der Waals surface area contributed by atoms with E-state index in [1.54, 1.807) is 0 Å². The van der Waals surface area contributed by atoms with E-state index >= 15 is 0 Å². The van der Waals surface area contributed by atoms with Gasteiger partial charge < -0.3 is 4.90 Å². The van der Waals surface area contributed by atoms with Crippen LogP contribution in [0.5, 0.6) is 0 Å². The Kier molecular flexibility index (Phi) is 3.11. The van der Waals surface area contributed by atoms with E-state index < -0.39 is 12.1 Å². The maximum Gasteiger partial charge on any atom is 0.391 e. The van der Waals surface area contributed by atoms with Crippen molar-refractivity contribution in [2.24, 2.45) is 5.92 Å². The summed E-state index contributed by atoms with van der Waals surface area (Å²) in [5.74, 6) is -0.290. The van der Waals surface area contributed by atoms with Gasteiger partial charge in [0.15, 0.2) is 0 Å². The normalized spacial score (nSPS) is 20.7. The Hall–Kier alpha value is -1.33. The maximum atomic E-state index is 12.6. The summed E-state index contributed by atoms with van der Waals surface area (Å²) in [6.45, 7) is 0.876. The summed E-state index contributed by atoms with van der Waals surface area (Å²) >= 11 is 0. The van der Waals surface area contributed by atoms with Crippen molar-refractivity contribution in [2.75, 3.05) is 18.0 Å². The minimum Gasteiger partial charge on any atom is -0.356 e. The minimum atomic E-state index is -4.06. The molecule has 1 aliphatic carbocycles. The molecule has 1 fully saturated rings. The predicted molar refractivity (Wildman–Crippen MR) is 65.0 cm³/mol. The summed E-state index contributed by atoms with van der Waals surface area (Å²) < 4.78 is 37.9. The second-order valence-corrected chi connectivity index (χ2v) is 5.28. The molecule has 0 unspecified atom stereocenters. The first kappa shape index (κ1) is 12.7. The molecule has 0 bridgehead atoms. The fraction of sp³-hybridized carbons (Fsp3) is 0.692. The van der Waals surface area contributed by atoms with Crippen LogP contribution in [0.1, 0.15) is 30.5 Å². The van der Waals surface area contributed by atoms with E-state index in [-0.39, 0.29) is 12.8 Å². The molecule has 1 aliphatic heterocycles. The van der Waals surface area contributed by atoms with Gasteiger partial charge in [0.05, 0.1) is 5.92 Å². The number of aromatic nitrogens is 2. The molecule has 104 valence electrons. The lowest BCUT2D eigenvalue weighted by molar-refractivity contribution is -0.179. The van der Waals surface area contributed by atoms with Crippen LogP contribution in [-0.2, 0) is 12.8 Å². The van der Waals surface area contributed by atoms with Crippen molar-refractivity contribution >= 4 is 5.82 Å². The summed E-state index contributed by atoms with van der Waals surface area (Å²) in [4.78, 5) is 10.5. The number of anilines is 1. The van der Waals surface area contributed by atoms with E-state index in [0.29, 0.717) is 13.1 Å². The minimum absolute atomic E-state index is 0.169. The highest BCUT2D eigenvalue weighted by atomic mass is 19.4. The molecular formula is C13H16F3N3.